The van der Waals surface area contributed by atoms with Crippen molar-refractivity contribution in [3.8, 4) is 11.4 Å². The molecule has 10 heteroatoms. The number of halogens is 1. The SMILES string of the molecule is CC=NOC(c1cccc2c1COCO2)c1c(Cl)cccc1-n1nnn(C)c1=O. The Hall–Kier alpha value is -3.17. The van der Waals surface area contributed by atoms with Gasteiger partial charge in [-0.05, 0) is 35.5 Å². The maximum absolute atomic E-state index is 12.5. The predicted octanol–water partition coefficient (Wildman–Crippen LogP) is 2.60. The molecule has 2 aromatic carbocycles. The summed E-state index contributed by atoms with van der Waals surface area (Å²) in [6.07, 6.45) is 0.796. The summed E-state index contributed by atoms with van der Waals surface area (Å²) in [6.45, 7) is 2.28. The third kappa shape index (κ3) is 3.50. The van der Waals surface area contributed by atoms with Crippen LogP contribution in [0.4, 0.5) is 0 Å². The number of aryl methyl sites for hydroxylation is 1. The van der Waals surface area contributed by atoms with Crippen LogP contribution in [0.2, 0.25) is 5.02 Å². The number of aromatic nitrogens is 4. The molecule has 1 aromatic heterocycles. The van der Waals surface area contributed by atoms with E-state index in [2.05, 4.69) is 15.6 Å². The molecule has 4 rings (SSSR count). The van der Waals surface area contributed by atoms with Crippen molar-refractivity contribution in [3.05, 3.63) is 68.6 Å². The van der Waals surface area contributed by atoms with E-state index in [-0.39, 0.29) is 6.79 Å². The van der Waals surface area contributed by atoms with E-state index in [4.69, 9.17) is 25.9 Å². The van der Waals surface area contributed by atoms with Gasteiger partial charge in [0.15, 0.2) is 12.9 Å². The Balaban J connectivity index is 1.95. The summed E-state index contributed by atoms with van der Waals surface area (Å²) in [5.41, 5.74) is 2.16. The van der Waals surface area contributed by atoms with Crippen LogP contribution < -0.4 is 10.4 Å². The van der Waals surface area contributed by atoms with Crippen LogP contribution in [-0.2, 0) is 23.2 Å². The molecule has 0 spiro atoms. The molecule has 0 bridgehead atoms. The minimum Gasteiger partial charge on any atom is -0.467 e. The number of tetrazole rings is 1. The van der Waals surface area contributed by atoms with Gasteiger partial charge in [0, 0.05) is 30.0 Å². The van der Waals surface area contributed by atoms with Gasteiger partial charge in [0.05, 0.1) is 17.3 Å². The van der Waals surface area contributed by atoms with Gasteiger partial charge in [0.1, 0.15) is 5.75 Å². The molecule has 1 atom stereocenters. The van der Waals surface area contributed by atoms with E-state index in [1.54, 1.807) is 25.1 Å². The summed E-state index contributed by atoms with van der Waals surface area (Å²) in [7, 11) is 1.52. The highest BCUT2D eigenvalue weighted by Gasteiger charge is 2.29. The summed E-state index contributed by atoms with van der Waals surface area (Å²) < 4.78 is 13.4. The Bertz CT molecular complexity index is 1120. The van der Waals surface area contributed by atoms with Gasteiger partial charge in [-0.3, -0.25) is 0 Å². The fourth-order valence-electron chi connectivity index (χ4n) is 3.19. The van der Waals surface area contributed by atoms with Gasteiger partial charge in [-0.1, -0.05) is 35.0 Å². The second-order valence-electron chi connectivity index (χ2n) is 6.25. The molecular weight excluding hydrogens is 398 g/mol. The molecule has 1 unspecified atom stereocenters. The Kier molecular flexibility index (Phi) is 5.32. The quantitative estimate of drug-likeness (QED) is 0.469. The van der Waals surface area contributed by atoms with Crippen molar-refractivity contribution in [2.75, 3.05) is 6.79 Å². The topological polar surface area (TPSA) is 92.8 Å². The molecule has 2 heterocycles. The van der Waals surface area contributed by atoms with Gasteiger partial charge < -0.3 is 14.3 Å². The van der Waals surface area contributed by atoms with E-state index in [1.807, 2.05) is 18.2 Å². The van der Waals surface area contributed by atoms with Crippen molar-refractivity contribution >= 4 is 17.8 Å². The van der Waals surface area contributed by atoms with Crippen LogP contribution in [-0.4, -0.2) is 32.8 Å². The summed E-state index contributed by atoms with van der Waals surface area (Å²) in [5.74, 6) is 0.702. The molecule has 9 nitrogen and oxygen atoms in total. The van der Waals surface area contributed by atoms with Gasteiger partial charge in [0.2, 0.25) is 0 Å². The molecule has 0 saturated carbocycles. The van der Waals surface area contributed by atoms with Crippen LogP contribution in [0, 0.1) is 0 Å². The van der Waals surface area contributed by atoms with E-state index >= 15 is 0 Å². The molecule has 0 N–H and O–H groups in total. The van der Waals surface area contributed by atoms with Gasteiger partial charge in [-0.15, -0.1) is 0 Å². The molecular formula is C19H18ClN5O4. The average molecular weight is 416 g/mol. The first kappa shape index (κ1) is 19.2. The highest BCUT2D eigenvalue weighted by Crippen LogP contribution is 2.40. The molecule has 150 valence electrons. The molecule has 0 fully saturated rings. The fraction of sp³-hybridized carbons (Fsp3) is 0.263. The van der Waals surface area contributed by atoms with Crippen LogP contribution in [0.5, 0.6) is 5.75 Å². The van der Waals surface area contributed by atoms with Crippen LogP contribution in [0.15, 0.2) is 46.3 Å². The zero-order chi connectivity index (χ0) is 20.4. The molecule has 1 aliphatic heterocycles. The Morgan fingerprint density at radius 2 is 2.10 bits per heavy atom. The second-order valence-corrected chi connectivity index (χ2v) is 6.66. The zero-order valence-electron chi connectivity index (χ0n) is 15.8. The summed E-state index contributed by atoms with van der Waals surface area (Å²) in [5, 5.41) is 12.1. The van der Waals surface area contributed by atoms with Crippen molar-refractivity contribution in [1.29, 1.82) is 0 Å². The minimum atomic E-state index is -0.732. The third-order valence-corrected chi connectivity index (χ3v) is 4.84. The number of hydrogen-bond donors (Lipinski definition) is 0. The van der Waals surface area contributed by atoms with Crippen molar-refractivity contribution in [2.45, 2.75) is 19.6 Å². The number of rotatable bonds is 5. The molecule has 3 aromatic rings. The largest absolute Gasteiger partial charge is 0.467 e. The number of nitrogens with zero attached hydrogens (tertiary/aromatic N) is 5. The van der Waals surface area contributed by atoms with Crippen LogP contribution in [0.1, 0.15) is 29.7 Å². The number of oxime groups is 1. The first-order chi connectivity index (χ1) is 14.1. The van der Waals surface area contributed by atoms with Crippen molar-refractivity contribution in [3.63, 3.8) is 0 Å². The van der Waals surface area contributed by atoms with Gasteiger partial charge in [-0.25, -0.2) is 4.79 Å². The molecule has 0 amide bonds. The van der Waals surface area contributed by atoms with Crippen molar-refractivity contribution in [1.82, 2.24) is 19.8 Å². The second kappa shape index (κ2) is 8.06. The summed E-state index contributed by atoms with van der Waals surface area (Å²) in [4.78, 5) is 18.3. The number of hydrogen-bond acceptors (Lipinski definition) is 7. The molecule has 29 heavy (non-hydrogen) atoms. The van der Waals surface area contributed by atoms with Gasteiger partial charge in [-0.2, -0.15) is 9.36 Å². The van der Waals surface area contributed by atoms with E-state index in [9.17, 15) is 4.79 Å². The van der Waals surface area contributed by atoms with E-state index < -0.39 is 11.8 Å². The number of fused-ring (bicyclic) bond motifs is 1. The first-order valence-corrected chi connectivity index (χ1v) is 9.23. The predicted molar refractivity (Wildman–Crippen MR) is 105 cm³/mol. The molecule has 0 radical (unpaired) electrons. The molecule has 1 aliphatic rings. The van der Waals surface area contributed by atoms with Crippen LogP contribution in [0.25, 0.3) is 5.69 Å². The monoisotopic (exact) mass is 415 g/mol. The summed E-state index contributed by atoms with van der Waals surface area (Å²) >= 11 is 6.58. The Morgan fingerprint density at radius 3 is 2.86 bits per heavy atom. The fourth-order valence-corrected chi connectivity index (χ4v) is 3.46. The lowest BCUT2D eigenvalue weighted by atomic mass is 9.95. The first-order valence-electron chi connectivity index (χ1n) is 8.85. The lowest BCUT2D eigenvalue weighted by Gasteiger charge is -2.25. The summed E-state index contributed by atoms with van der Waals surface area (Å²) in [6, 6.07) is 10.8. The Morgan fingerprint density at radius 1 is 1.28 bits per heavy atom. The van der Waals surface area contributed by atoms with E-state index in [1.165, 1.54) is 17.9 Å². The molecule has 0 saturated heterocycles. The molecule has 0 aliphatic carbocycles. The van der Waals surface area contributed by atoms with Gasteiger partial charge in [0.25, 0.3) is 0 Å². The van der Waals surface area contributed by atoms with Gasteiger partial charge >= 0.3 is 5.69 Å². The Labute approximate surface area is 171 Å². The number of ether oxygens (including phenoxy) is 2. The number of benzene rings is 2. The lowest BCUT2D eigenvalue weighted by molar-refractivity contribution is -0.0186. The van der Waals surface area contributed by atoms with Crippen molar-refractivity contribution in [2.24, 2.45) is 12.2 Å². The maximum atomic E-state index is 12.5. The minimum absolute atomic E-state index is 0.182. The van der Waals surface area contributed by atoms with Crippen LogP contribution in [0.3, 0.4) is 0 Å². The smallest absolute Gasteiger partial charge is 0.368 e. The van der Waals surface area contributed by atoms with Crippen molar-refractivity contribution < 1.29 is 14.3 Å². The van der Waals surface area contributed by atoms with E-state index in [0.29, 0.717) is 28.6 Å². The normalized spacial score (nSPS) is 14.4. The highest BCUT2D eigenvalue weighted by atomic mass is 35.5. The van der Waals surface area contributed by atoms with Crippen LogP contribution >= 0.6 is 11.6 Å². The standard InChI is InChI=1S/C19H18ClN5O4/c1-3-21-29-18(12-6-4-9-16-13(12)10-27-11-28-16)17-14(20)7-5-8-15(17)25-19(26)24(2)22-23-25/h3-9,18H,10-11H2,1-2H3. The zero-order valence-corrected chi connectivity index (χ0v) is 16.5. The lowest BCUT2D eigenvalue weighted by Crippen LogP contribution is -2.24. The highest BCUT2D eigenvalue weighted by molar-refractivity contribution is 6.31. The maximum Gasteiger partial charge on any atom is 0.368 e. The third-order valence-electron chi connectivity index (χ3n) is 4.51. The average Bonchev–Trinajstić information content (AvgIpc) is 3.07. The van der Waals surface area contributed by atoms with E-state index in [0.717, 1.165) is 15.8 Å².